The Bertz CT molecular complexity index is 1150. The van der Waals surface area contributed by atoms with Crippen molar-refractivity contribution in [2.75, 3.05) is 20.3 Å². The molecule has 0 radical (unpaired) electrons. The van der Waals surface area contributed by atoms with E-state index in [0.29, 0.717) is 30.5 Å². The molecule has 1 N–H and O–H groups in total. The van der Waals surface area contributed by atoms with E-state index in [9.17, 15) is 4.79 Å². The number of nitrogens with zero attached hydrogens (tertiary/aromatic N) is 3. The fourth-order valence-corrected chi connectivity index (χ4v) is 3.38. The normalized spacial score (nSPS) is 14.2. The molecule has 1 aliphatic heterocycles. The van der Waals surface area contributed by atoms with E-state index in [1.54, 1.807) is 31.5 Å². The Balaban J connectivity index is 1.45. The van der Waals surface area contributed by atoms with Gasteiger partial charge in [0.2, 0.25) is 5.88 Å². The summed E-state index contributed by atoms with van der Waals surface area (Å²) in [5, 5.41) is 3.03. The molecule has 1 aromatic carbocycles. The van der Waals surface area contributed by atoms with Crippen LogP contribution in [0.5, 0.6) is 17.6 Å². The minimum absolute atomic E-state index is 0.189. The number of carbonyl (C=O) groups is 1. The maximum absolute atomic E-state index is 12.7. The van der Waals surface area contributed by atoms with Gasteiger partial charge in [0.05, 0.1) is 18.7 Å². The number of hydrogen-bond acceptors (Lipinski definition) is 7. The Morgan fingerprint density at radius 1 is 1.19 bits per heavy atom. The van der Waals surface area contributed by atoms with Crippen LogP contribution in [-0.2, 0) is 6.42 Å². The van der Waals surface area contributed by atoms with E-state index < -0.39 is 0 Å². The van der Waals surface area contributed by atoms with Gasteiger partial charge in [-0.3, -0.25) is 4.79 Å². The van der Waals surface area contributed by atoms with Crippen molar-refractivity contribution in [1.29, 1.82) is 0 Å². The second-order valence-electron chi connectivity index (χ2n) is 7.03. The first-order chi connectivity index (χ1) is 15.7. The summed E-state index contributed by atoms with van der Waals surface area (Å²) < 4.78 is 16.3. The third kappa shape index (κ3) is 4.78. The van der Waals surface area contributed by atoms with Crippen molar-refractivity contribution in [3.63, 3.8) is 0 Å². The molecule has 3 heterocycles. The first kappa shape index (κ1) is 21.1. The molecule has 0 bridgehead atoms. The van der Waals surface area contributed by atoms with Gasteiger partial charge in [0.25, 0.3) is 5.91 Å². The SMILES string of the molecule is CC#CCOc1ccc(C(=O)N[C@@H]2COc3cccc(-c4cnc(OC)nc4)c3C2)cn1. The Kier molecular flexibility index (Phi) is 6.46. The average molecular weight is 430 g/mol. The van der Waals surface area contributed by atoms with Crippen molar-refractivity contribution in [3.05, 3.63) is 60.0 Å². The van der Waals surface area contributed by atoms with Crippen molar-refractivity contribution in [3.8, 4) is 40.6 Å². The molecule has 0 saturated carbocycles. The minimum atomic E-state index is -0.222. The maximum atomic E-state index is 12.7. The molecule has 0 aliphatic carbocycles. The van der Waals surface area contributed by atoms with Crippen LogP contribution >= 0.6 is 0 Å². The standard InChI is InChI=1S/C24H22N4O4/c1-3-4-10-31-22-9-8-16(12-25-22)23(29)28-18-11-20-19(6-5-7-21(20)32-15-18)17-13-26-24(30-2)27-14-17/h5-9,12-14,18H,10-11,15H2,1-2H3,(H,28,29)/t18-/m0/s1. The molecule has 0 spiro atoms. The predicted octanol–water partition coefficient (Wildman–Crippen LogP) is 2.68. The first-order valence-corrected chi connectivity index (χ1v) is 10.1. The van der Waals surface area contributed by atoms with Crippen LogP contribution in [0.25, 0.3) is 11.1 Å². The van der Waals surface area contributed by atoms with Gasteiger partial charge in [-0.05, 0) is 24.6 Å². The molecule has 1 amide bonds. The van der Waals surface area contributed by atoms with Crippen LogP contribution in [0.4, 0.5) is 0 Å². The summed E-state index contributed by atoms with van der Waals surface area (Å²) >= 11 is 0. The Morgan fingerprint density at radius 3 is 2.75 bits per heavy atom. The number of fused-ring (bicyclic) bond motifs is 1. The third-order valence-corrected chi connectivity index (χ3v) is 4.95. The molecule has 0 saturated heterocycles. The maximum Gasteiger partial charge on any atom is 0.316 e. The fraction of sp³-hybridized carbons (Fsp3) is 0.250. The smallest absolute Gasteiger partial charge is 0.316 e. The molecule has 2 aromatic heterocycles. The highest BCUT2D eigenvalue weighted by Gasteiger charge is 2.25. The van der Waals surface area contributed by atoms with Gasteiger partial charge < -0.3 is 19.5 Å². The zero-order valence-electron chi connectivity index (χ0n) is 17.8. The Morgan fingerprint density at radius 2 is 2.03 bits per heavy atom. The highest BCUT2D eigenvalue weighted by atomic mass is 16.5. The zero-order chi connectivity index (χ0) is 22.3. The number of rotatable bonds is 6. The molecule has 1 aliphatic rings. The van der Waals surface area contributed by atoms with Crippen LogP contribution in [0.1, 0.15) is 22.8 Å². The van der Waals surface area contributed by atoms with Crippen LogP contribution < -0.4 is 19.5 Å². The second-order valence-corrected chi connectivity index (χ2v) is 7.03. The molecule has 162 valence electrons. The van der Waals surface area contributed by atoms with Crippen LogP contribution in [0.2, 0.25) is 0 Å². The van der Waals surface area contributed by atoms with Crippen LogP contribution in [0.15, 0.2) is 48.9 Å². The molecular formula is C24H22N4O4. The summed E-state index contributed by atoms with van der Waals surface area (Å²) in [5.74, 6) is 6.54. The van der Waals surface area contributed by atoms with Crippen LogP contribution in [0.3, 0.4) is 0 Å². The summed E-state index contributed by atoms with van der Waals surface area (Å²) in [6, 6.07) is 9.29. The number of pyridine rings is 1. The number of hydrogen-bond donors (Lipinski definition) is 1. The van der Waals surface area contributed by atoms with E-state index in [1.165, 1.54) is 13.3 Å². The molecule has 8 heteroatoms. The summed E-state index contributed by atoms with van der Waals surface area (Å²) in [4.78, 5) is 25.3. The van der Waals surface area contributed by atoms with Gasteiger partial charge in [-0.25, -0.2) is 15.0 Å². The predicted molar refractivity (Wildman–Crippen MR) is 118 cm³/mol. The molecule has 0 fully saturated rings. The summed E-state index contributed by atoms with van der Waals surface area (Å²) in [6.45, 7) is 2.38. The number of methoxy groups -OCH3 is 1. The van der Waals surface area contributed by atoms with Gasteiger partial charge >= 0.3 is 6.01 Å². The zero-order valence-corrected chi connectivity index (χ0v) is 17.8. The molecule has 32 heavy (non-hydrogen) atoms. The fourth-order valence-electron chi connectivity index (χ4n) is 3.38. The first-order valence-electron chi connectivity index (χ1n) is 10.1. The lowest BCUT2D eigenvalue weighted by atomic mass is 9.94. The van der Waals surface area contributed by atoms with Crippen molar-refractivity contribution in [1.82, 2.24) is 20.3 Å². The van der Waals surface area contributed by atoms with E-state index in [1.807, 2.05) is 18.2 Å². The Hall–Kier alpha value is -4.12. The molecule has 4 rings (SSSR count). The van der Waals surface area contributed by atoms with E-state index in [2.05, 4.69) is 32.1 Å². The van der Waals surface area contributed by atoms with Crippen LogP contribution in [-0.4, -0.2) is 47.2 Å². The Labute approximate surface area is 186 Å². The van der Waals surface area contributed by atoms with Gasteiger partial charge in [-0.2, -0.15) is 0 Å². The van der Waals surface area contributed by atoms with Crippen molar-refractivity contribution in [2.45, 2.75) is 19.4 Å². The third-order valence-electron chi connectivity index (χ3n) is 4.95. The summed E-state index contributed by atoms with van der Waals surface area (Å²) in [5.41, 5.74) is 3.26. The van der Waals surface area contributed by atoms with E-state index in [-0.39, 0.29) is 18.6 Å². The quantitative estimate of drug-likeness (QED) is 0.601. The molecule has 0 unspecified atom stereocenters. The number of aromatic nitrogens is 3. The molecule has 3 aromatic rings. The lowest BCUT2D eigenvalue weighted by Gasteiger charge is -2.28. The van der Waals surface area contributed by atoms with Crippen molar-refractivity contribution < 1.29 is 19.0 Å². The van der Waals surface area contributed by atoms with Gasteiger partial charge in [0.1, 0.15) is 12.4 Å². The number of amides is 1. The van der Waals surface area contributed by atoms with Crippen LogP contribution in [0, 0.1) is 11.8 Å². The highest BCUT2D eigenvalue weighted by molar-refractivity contribution is 5.94. The van der Waals surface area contributed by atoms with Gasteiger partial charge in [-0.15, -0.1) is 5.92 Å². The molecule has 1 atom stereocenters. The second kappa shape index (κ2) is 9.79. The minimum Gasteiger partial charge on any atom is -0.491 e. The lowest BCUT2D eigenvalue weighted by molar-refractivity contribution is 0.0915. The van der Waals surface area contributed by atoms with Gasteiger partial charge in [-0.1, -0.05) is 18.1 Å². The number of ether oxygens (including phenoxy) is 3. The van der Waals surface area contributed by atoms with E-state index >= 15 is 0 Å². The number of nitrogens with one attached hydrogen (secondary N) is 1. The van der Waals surface area contributed by atoms with E-state index in [0.717, 1.165) is 22.4 Å². The average Bonchev–Trinajstić information content (AvgIpc) is 2.84. The van der Waals surface area contributed by atoms with E-state index in [4.69, 9.17) is 14.2 Å². The lowest BCUT2D eigenvalue weighted by Crippen LogP contribution is -2.42. The monoisotopic (exact) mass is 430 g/mol. The van der Waals surface area contributed by atoms with Crippen molar-refractivity contribution in [2.24, 2.45) is 0 Å². The summed E-state index contributed by atoms with van der Waals surface area (Å²) in [6.07, 6.45) is 5.53. The number of benzene rings is 1. The molecular weight excluding hydrogens is 408 g/mol. The number of carbonyl (C=O) groups excluding carboxylic acids is 1. The topological polar surface area (TPSA) is 95.5 Å². The summed E-state index contributed by atoms with van der Waals surface area (Å²) in [7, 11) is 1.53. The van der Waals surface area contributed by atoms with Crippen molar-refractivity contribution >= 4 is 5.91 Å². The largest absolute Gasteiger partial charge is 0.491 e. The van der Waals surface area contributed by atoms with Gasteiger partial charge in [0, 0.05) is 42.2 Å². The molecule has 8 nitrogen and oxygen atoms in total. The van der Waals surface area contributed by atoms with Gasteiger partial charge in [0.15, 0.2) is 6.61 Å². The highest BCUT2D eigenvalue weighted by Crippen LogP contribution is 2.34.